The molecule has 0 fully saturated rings. The van der Waals surface area contributed by atoms with Crippen LogP contribution in [0.2, 0.25) is 0 Å². The lowest BCUT2D eigenvalue weighted by Gasteiger charge is -2.28. The Bertz CT molecular complexity index is 2700. The van der Waals surface area contributed by atoms with Crippen molar-refractivity contribution in [2.24, 2.45) is 0 Å². The molecule has 0 saturated carbocycles. The predicted octanol–water partition coefficient (Wildman–Crippen LogP) is 12.3. The first-order valence-corrected chi connectivity index (χ1v) is 16.4. The molecule has 0 bridgehead atoms. The van der Waals surface area contributed by atoms with Gasteiger partial charge in [-0.2, -0.15) is 0 Å². The highest BCUT2D eigenvalue weighted by Gasteiger charge is 2.35. The van der Waals surface area contributed by atoms with Crippen molar-refractivity contribution in [1.29, 1.82) is 0 Å². The van der Waals surface area contributed by atoms with Crippen molar-refractivity contribution in [2.75, 3.05) is 4.90 Å². The first-order valence-electron chi connectivity index (χ1n) is 16.4. The second kappa shape index (κ2) is 9.93. The zero-order valence-corrected chi connectivity index (χ0v) is 26.6. The fraction of sp³-hybridized carbons (Fsp3) is 0.0682. The van der Waals surface area contributed by atoms with Gasteiger partial charge in [0.25, 0.3) is 0 Å². The maximum absolute atomic E-state index is 6.57. The molecule has 4 nitrogen and oxygen atoms in total. The normalized spacial score (nSPS) is 13.4. The Balaban J connectivity index is 1.17. The fourth-order valence-corrected chi connectivity index (χ4v) is 7.71. The third kappa shape index (κ3) is 3.93. The maximum Gasteiger partial charge on any atom is 0.228 e. The van der Waals surface area contributed by atoms with Crippen LogP contribution < -0.4 is 4.90 Å². The number of benzene rings is 7. The Morgan fingerprint density at radius 2 is 1.19 bits per heavy atom. The van der Waals surface area contributed by atoms with E-state index in [2.05, 4.69) is 128 Å². The van der Waals surface area contributed by atoms with Gasteiger partial charge in [0.05, 0.1) is 0 Å². The number of aromatic nitrogens is 1. The quantitative estimate of drug-likeness (QED) is 0.197. The van der Waals surface area contributed by atoms with Crippen molar-refractivity contribution in [3.05, 3.63) is 157 Å². The van der Waals surface area contributed by atoms with E-state index >= 15 is 0 Å². The van der Waals surface area contributed by atoms with E-state index in [0.29, 0.717) is 5.89 Å². The lowest BCUT2D eigenvalue weighted by atomic mass is 9.82. The van der Waals surface area contributed by atoms with E-state index in [0.717, 1.165) is 55.7 Å². The number of anilines is 3. The van der Waals surface area contributed by atoms with Crippen LogP contribution in [0.4, 0.5) is 17.1 Å². The fourth-order valence-electron chi connectivity index (χ4n) is 7.71. The highest BCUT2D eigenvalue weighted by molar-refractivity contribution is 6.12. The van der Waals surface area contributed by atoms with Gasteiger partial charge >= 0.3 is 0 Å². The average molecular weight is 619 g/mol. The van der Waals surface area contributed by atoms with E-state index in [4.69, 9.17) is 13.8 Å². The lowest BCUT2D eigenvalue weighted by Crippen LogP contribution is -2.16. The van der Waals surface area contributed by atoms with E-state index in [1.165, 1.54) is 33.0 Å². The number of furan rings is 1. The van der Waals surface area contributed by atoms with Crippen molar-refractivity contribution in [2.45, 2.75) is 19.3 Å². The number of nitrogens with zero attached hydrogens (tertiary/aromatic N) is 2. The van der Waals surface area contributed by atoms with Crippen LogP contribution >= 0.6 is 0 Å². The van der Waals surface area contributed by atoms with Gasteiger partial charge in [0.15, 0.2) is 5.58 Å². The summed E-state index contributed by atoms with van der Waals surface area (Å²) in [4.78, 5) is 7.16. The predicted molar refractivity (Wildman–Crippen MR) is 196 cm³/mol. The first kappa shape index (κ1) is 27.0. The van der Waals surface area contributed by atoms with Crippen molar-refractivity contribution < 1.29 is 8.83 Å². The van der Waals surface area contributed by atoms with Crippen molar-refractivity contribution in [1.82, 2.24) is 4.98 Å². The van der Waals surface area contributed by atoms with Gasteiger partial charge in [-0.25, -0.2) is 4.98 Å². The molecule has 2 heterocycles. The Labute approximate surface area is 277 Å². The summed E-state index contributed by atoms with van der Waals surface area (Å²) in [6.45, 7) is 4.66. The second-order valence-electron chi connectivity index (χ2n) is 13.2. The van der Waals surface area contributed by atoms with Gasteiger partial charge in [-0.3, -0.25) is 0 Å². The molecule has 0 saturated heterocycles. The zero-order chi connectivity index (χ0) is 32.0. The summed E-state index contributed by atoms with van der Waals surface area (Å²) in [5.74, 6) is 0.591. The molecule has 1 aliphatic carbocycles. The lowest BCUT2D eigenvalue weighted by molar-refractivity contribution is 0.620. The standard InChI is InChI=1S/C44H30N2O2/c1-44(2)36-14-6-5-12-32(36)33-22-20-30(25-37(33)44)46(29-19-18-27-10-3-4-11-28(27)24-29)31-21-23-34-41(26-31)47-40-17-9-13-35(42(34)40)43-45-38-15-7-8-16-39(38)48-43/h3-26H,1-2H3. The molecule has 0 aliphatic heterocycles. The number of rotatable bonds is 4. The van der Waals surface area contributed by atoms with E-state index in [1.807, 2.05) is 36.4 Å². The van der Waals surface area contributed by atoms with E-state index in [9.17, 15) is 0 Å². The summed E-state index contributed by atoms with van der Waals surface area (Å²) in [7, 11) is 0. The molecule has 10 rings (SSSR count). The average Bonchev–Trinajstić information content (AvgIpc) is 3.79. The van der Waals surface area contributed by atoms with Crippen LogP contribution in [0.25, 0.3) is 66.4 Å². The summed E-state index contributed by atoms with van der Waals surface area (Å²) in [6, 6.07) is 51.4. The van der Waals surface area contributed by atoms with Crippen LogP contribution in [0, 0.1) is 0 Å². The van der Waals surface area contributed by atoms with Gasteiger partial charge < -0.3 is 13.7 Å². The molecule has 0 N–H and O–H groups in total. The van der Waals surface area contributed by atoms with Crippen molar-refractivity contribution in [3.8, 4) is 22.6 Å². The van der Waals surface area contributed by atoms with Gasteiger partial charge in [-0.15, -0.1) is 0 Å². The number of oxazole rings is 1. The monoisotopic (exact) mass is 618 g/mol. The van der Waals surface area contributed by atoms with Crippen LogP contribution in [0.3, 0.4) is 0 Å². The topological polar surface area (TPSA) is 42.4 Å². The largest absolute Gasteiger partial charge is 0.456 e. The molecule has 0 atom stereocenters. The number of hydrogen-bond acceptors (Lipinski definition) is 4. The zero-order valence-electron chi connectivity index (χ0n) is 26.6. The van der Waals surface area contributed by atoms with E-state index in [-0.39, 0.29) is 5.41 Å². The highest BCUT2D eigenvalue weighted by Crippen LogP contribution is 2.51. The second-order valence-corrected chi connectivity index (χ2v) is 13.2. The molecule has 0 radical (unpaired) electrons. The van der Waals surface area contributed by atoms with Crippen LogP contribution in [-0.4, -0.2) is 4.98 Å². The third-order valence-electron chi connectivity index (χ3n) is 10.1. The molecule has 1 aliphatic rings. The van der Waals surface area contributed by atoms with Gasteiger partial charge in [-0.1, -0.05) is 92.7 Å². The summed E-state index contributed by atoms with van der Waals surface area (Å²) in [5.41, 5.74) is 12.6. The smallest absolute Gasteiger partial charge is 0.228 e. The molecule has 228 valence electrons. The van der Waals surface area contributed by atoms with E-state index < -0.39 is 0 Å². The van der Waals surface area contributed by atoms with E-state index in [1.54, 1.807) is 0 Å². The Hall–Kier alpha value is -6.13. The van der Waals surface area contributed by atoms with Crippen LogP contribution in [-0.2, 0) is 5.41 Å². The van der Waals surface area contributed by atoms with Crippen molar-refractivity contribution >= 4 is 60.9 Å². The SMILES string of the molecule is CC1(C)c2ccccc2-c2ccc(N(c3ccc4ccccc4c3)c3ccc4c(c3)oc3cccc(-c5nc6ccccc6o5)c34)cc21. The molecule has 4 heteroatoms. The Morgan fingerprint density at radius 1 is 0.500 bits per heavy atom. The minimum Gasteiger partial charge on any atom is -0.456 e. The molecule has 7 aromatic carbocycles. The third-order valence-corrected chi connectivity index (χ3v) is 10.1. The molecule has 2 aromatic heterocycles. The summed E-state index contributed by atoms with van der Waals surface area (Å²) in [5, 5.41) is 4.43. The van der Waals surface area contributed by atoms with Crippen LogP contribution in [0.15, 0.2) is 154 Å². The number of hydrogen-bond donors (Lipinski definition) is 0. The van der Waals surface area contributed by atoms with Crippen molar-refractivity contribution in [3.63, 3.8) is 0 Å². The maximum atomic E-state index is 6.57. The minimum atomic E-state index is -0.110. The Morgan fingerprint density at radius 3 is 2.10 bits per heavy atom. The molecular weight excluding hydrogens is 588 g/mol. The van der Waals surface area contributed by atoms with Gasteiger partial charge in [0, 0.05) is 44.9 Å². The van der Waals surface area contributed by atoms with Gasteiger partial charge in [0.2, 0.25) is 5.89 Å². The van der Waals surface area contributed by atoms with Crippen LogP contribution in [0.1, 0.15) is 25.0 Å². The minimum absolute atomic E-state index is 0.110. The molecule has 0 unspecified atom stereocenters. The van der Waals surface area contributed by atoms with Crippen LogP contribution in [0.5, 0.6) is 0 Å². The summed E-state index contributed by atoms with van der Waals surface area (Å²) in [6.07, 6.45) is 0. The molecule has 0 spiro atoms. The Kier molecular flexibility index (Phi) is 5.59. The van der Waals surface area contributed by atoms with Gasteiger partial charge in [-0.05, 0) is 93.7 Å². The molecule has 0 amide bonds. The molecule has 48 heavy (non-hydrogen) atoms. The summed E-state index contributed by atoms with van der Waals surface area (Å²) < 4.78 is 12.8. The highest BCUT2D eigenvalue weighted by atomic mass is 16.3. The first-order chi connectivity index (χ1) is 23.5. The number of fused-ring (bicyclic) bond motifs is 8. The number of para-hydroxylation sites is 2. The summed E-state index contributed by atoms with van der Waals surface area (Å²) >= 11 is 0. The molecule has 9 aromatic rings. The molecular formula is C44H30N2O2. The van der Waals surface area contributed by atoms with Gasteiger partial charge in [0.1, 0.15) is 16.7 Å².